The van der Waals surface area contributed by atoms with E-state index >= 15 is 0 Å². The maximum Gasteiger partial charge on any atom is 0.317 e. The molecule has 1 saturated heterocycles. The summed E-state index contributed by atoms with van der Waals surface area (Å²) in [5.74, 6) is 0.984. The Morgan fingerprint density at radius 3 is 2.88 bits per heavy atom. The van der Waals surface area contributed by atoms with E-state index in [1.54, 1.807) is 4.90 Å². The number of carbonyl (C=O) groups is 1. The van der Waals surface area contributed by atoms with Crippen LogP contribution in [-0.2, 0) is 17.7 Å². The Morgan fingerprint density at radius 2 is 2.16 bits per heavy atom. The molecule has 3 rings (SSSR count). The zero-order valence-corrected chi connectivity index (χ0v) is 14.8. The van der Waals surface area contributed by atoms with Crippen molar-refractivity contribution < 1.29 is 14.1 Å². The van der Waals surface area contributed by atoms with Crippen LogP contribution in [0.1, 0.15) is 36.8 Å². The summed E-state index contributed by atoms with van der Waals surface area (Å²) < 4.78 is 11.1. The molecule has 2 amide bonds. The molecule has 0 aliphatic carbocycles. The highest BCUT2D eigenvalue weighted by molar-refractivity contribution is 5.74. The minimum atomic E-state index is -0.0936. The summed E-state index contributed by atoms with van der Waals surface area (Å²) in [4.78, 5) is 14.2. The highest BCUT2D eigenvalue weighted by Crippen LogP contribution is 2.15. The summed E-state index contributed by atoms with van der Waals surface area (Å²) in [6.07, 6.45) is 0.838. The van der Waals surface area contributed by atoms with Gasteiger partial charge in [0.05, 0.1) is 24.9 Å². The number of urea groups is 1. The Hall–Kier alpha value is -2.34. The van der Waals surface area contributed by atoms with Gasteiger partial charge in [-0.05, 0) is 11.5 Å². The first-order valence-corrected chi connectivity index (χ1v) is 8.75. The van der Waals surface area contributed by atoms with Crippen molar-refractivity contribution in [3.63, 3.8) is 0 Å². The molecule has 1 aliphatic heterocycles. The van der Waals surface area contributed by atoms with Crippen molar-refractivity contribution in [1.29, 1.82) is 0 Å². The Balaban J connectivity index is 1.49. The van der Waals surface area contributed by atoms with E-state index in [2.05, 4.69) is 36.5 Å². The lowest BCUT2D eigenvalue weighted by Crippen LogP contribution is -2.50. The van der Waals surface area contributed by atoms with Crippen molar-refractivity contribution in [1.82, 2.24) is 15.4 Å². The molecule has 2 heterocycles. The fourth-order valence-corrected chi connectivity index (χ4v) is 2.86. The van der Waals surface area contributed by atoms with Gasteiger partial charge in [0.2, 0.25) is 0 Å². The third-order valence-electron chi connectivity index (χ3n) is 4.31. The fourth-order valence-electron chi connectivity index (χ4n) is 2.86. The van der Waals surface area contributed by atoms with Gasteiger partial charge in [-0.15, -0.1) is 0 Å². The number of morpholine rings is 1. The molecule has 0 radical (unpaired) electrons. The summed E-state index contributed by atoms with van der Waals surface area (Å²) >= 11 is 0. The monoisotopic (exact) mass is 343 g/mol. The molecule has 1 aromatic carbocycles. The summed E-state index contributed by atoms with van der Waals surface area (Å²) in [6.45, 7) is 6.21. The van der Waals surface area contributed by atoms with Crippen LogP contribution in [0.4, 0.5) is 4.79 Å². The number of nitrogens with one attached hydrogen (secondary N) is 1. The number of benzene rings is 1. The van der Waals surface area contributed by atoms with Gasteiger partial charge < -0.3 is 19.5 Å². The van der Waals surface area contributed by atoms with Crippen molar-refractivity contribution in [2.45, 2.75) is 38.8 Å². The maximum absolute atomic E-state index is 12.4. The second kappa shape index (κ2) is 8.16. The van der Waals surface area contributed by atoms with Gasteiger partial charge in [-0.25, -0.2) is 4.79 Å². The minimum absolute atomic E-state index is 0.0275. The van der Waals surface area contributed by atoms with Crippen molar-refractivity contribution in [2.75, 3.05) is 19.7 Å². The third kappa shape index (κ3) is 4.82. The van der Waals surface area contributed by atoms with Crippen molar-refractivity contribution in [3.8, 4) is 0 Å². The molecule has 0 unspecified atom stereocenters. The van der Waals surface area contributed by atoms with Crippen molar-refractivity contribution in [3.05, 3.63) is 53.4 Å². The van der Waals surface area contributed by atoms with E-state index in [1.165, 1.54) is 5.56 Å². The lowest BCUT2D eigenvalue weighted by atomic mass is 10.1. The summed E-state index contributed by atoms with van der Waals surface area (Å²) in [6, 6.07) is 12.0. The van der Waals surface area contributed by atoms with Gasteiger partial charge in [0, 0.05) is 25.6 Å². The van der Waals surface area contributed by atoms with E-state index in [0.717, 1.165) is 12.1 Å². The summed E-state index contributed by atoms with van der Waals surface area (Å²) in [5, 5.41) is 6.91. The number of carbonyl (C=O) groups excluding carboxylic acids is 1. The zero-order chi connectivity index (χ0) is 17.6. The van der Waals surface area contributed by atoms with Crippen LogP contribution in [-0.4, -0.2) is 41.9 Å². The molecule has 1 fully saturated rings. The second-order valence-corrected chi connectivity index (χ2v) is 6.66. The third-order valence-corrected chi connectivity index (χ3v) is 4.31. The van der Waals surface area contributed by atoms with E-state index in [-0.39, 0.29) is 12.1 Å². The first kappa shape index (κ1) is 17.5. The van der Waals surface area contributed by atoms with E-state index in [0.29, 0.717) is 37.9 Å². The molecule has 6 nitrogen and oxygen atoms in total. The molecular formula is C19H25N3O3. The quantitative estimate of drug-likeness (QED) is 0.906. The predicted octanol–water partition coefficient (Wildman–Crippen LogP) is 2.95. The molecule has 1 aromatic heterocycles. The van der Waals surface area contributed by atoms with Gasteiger partial charge in [-0.1, -0.05) is 49.3 Å². The Bertz CT molecular complexity index is 684. The van der Waals surface area contributed by atoms with Crippen LogP contribution in [0.3, 0.4) is 0 Å². The lowest BCUT2D eigenvalue weighted by molar-refractivity contribution is -0.0133. The number of nitrogens with zero attached hydrogens (tertiary/aromatic N) is 2. The summed E-state index contributed by atoms with van der Waals surface area (Å²) in [7, 11) is 0. The Morgan fingerprint density at radius 1 is 1.36 bits per heavy atom. The second-order valence-electron chi connectivity index (χ2n) is 6.66. The maximum atomic E-state index is 12.4. The van der Waals surface area contributed by atoms with Crippen LogP contribution < -0.4 is 5.32 Å². The van der Waals surface area contributed by atoms with Crippen molar-refractivity contribution >= 4 is 6.03 Å². The van der Waals surface area contributed by atoms with E-state index in [1.807, 2.05) is 24.3 Å². The number of rotatable bonds is 5. The van der Waals surface area contributed by atoms with E-state index < -0.39 is 0 Å². The molecule has 1 aliphatic rings. The molecule has 0 saturated carbocycles. The van der Waals surface area contributed by atoms with Gasteiger partial charge in [0.25, 0.3) is 0 Å². The van der Waals surface area contributed by atoms with Gasteiger partial charge in [-0.3, -0.25) is 0 Å². The largest absolute Gasteiger partial charge is 0.374 e. The molecule has 1 N–H and O–H groups in total. The molecular weight excluding hydrogens is 318 g/mol. The van der Waals surface area contributed by atoms with E-state index in [9.17, 15) is 4.79 Å². The van der Waals surface area contributed by atoms with Gasteiger partial charge in [-0.2, -0.15) is 0 Å². The number of ether oxygens (including phenoxy) is 1. The van der Waals surface area contributed by atoms with Crippen LogP contribution in [0.25, 0.3) is 0 Å². The van der Waals surface area contributed by atoms with E-state index in [4.69, 9.17) is 9.26 Å². The zero-order valence-electron chi connectivity index (χ0n) is 14.8. The van der Waals surface area contributed by atoms with Gasteiger partial charge in [0.1, 0.15) is 0 Å². The highest BCUT2D eigenvalue weighted by Gasteiger charge is 2.24. The van der Waals surface area contributed by atoms with Crippen LogP contribution >= 0.6 is 0 Å². The minimum Gasteiger partial charge on any atom is -0.374 e. The number of amides is 2. The Kier molecular flexibility index (Phi) is 5.71. The van der Waals surface area contributed by atoms with Crippen LogP contribution in [0.5, 0.6) is 0 Å². The molecule has 2 aromatic rings. The van der Waals surface area contributed by atoms with Crippen molar-refractivity contribution in [2.24, 2.45) is 0 Å². The molecule has 0 spiro atoms. The normalized spacial score (nSPS) is 17.7. The topological polar surface area (TPSA) is 67.6 Å². The first-order valence-electron chi connectivity index (χ1n) is 8.75. The van der Waals surface area contributed by atoms with Crippen LogP contribution in [0, 0.1) is 0 Å². The number of aromatic nitrogens is 1. The van der Waals surface area contributed by atoms with Gasteiger partial charge >= 0.3 is 6.03 Å². The average molecular weight is 343 g/mol. The molecule has 0 bridgehead atoms. The van der Waals surface area contributed by atoms with Crippen LogP contribution in [0.2, 0.25) is 0 Å². The number of hydrogen-bond donors (Lipinski definition) is 1. The summed E-state index contributed by atoms with van der Waals surface area (Å²) in [5.41, 5.74) is 2.12. The SMILES string of the molecule is CC(C)c1cc(CNC(=O)N2CCO[C@H](Cc3ccccc3)C2)on1. The molecule has 6 heteroatoms. The van der Waals surface area contributed by atoms with Gasteiger partial charge in [0.15, 0.2) is 5.76 Å². The molecule has 25 heavy (non-hydrogen) atoms. The van der Waals surface area contributed by atoms with Crippen LogP contribution in [0.15, 0.2) is 40.9 Å². The average Bonchev–Trinajstić information content (AvgIpc) is 3.10. The fraction of sp³-hybridized carbons (Fsp3) is 0.474. The molecule has 134 valence electrons. The number of hydrogen-bond acceptors (Lipinski definition) is 4. The standard InChI is InChI=1S/C19H25N3O3/c1-14(2)18-11-16(25-21-18)12-20-19(23)22-8-9-24-17(13-22)10-15-6-4-3-5-7-15/h3-7,11,14,17H,8-10,12-13H2,1-2H3,(H,20,23)/t17-/m1/s1. The smallest absolute Gasteiger partial charge is 0.317 e. The predicted molar refractivity (Wildman–Crippen MR) is 94.3 cm³/mol. The highest BCUT2D eigenvalue weighted by atomic mass is 16.5. The first-order chi connectivity index (χ1) is 12.1. The lowest BCUT2D eigenvalue weighted by Gasteiger charge is -2.33. The Labute approximate surface area is 148 Å². The molecule has 1 atom stereocenters.